The molecule has 7 heteroatoms. The normalized spacial score (nSPS) is 15.3. The zero-order valence-electron chi connectivity index (χ0n) is 16.1. The lowest BCUT2D eigenvalue weighted by Crippen LogP contribution is -2.27. The number of carbonyl (C=O) groups is 1. The molecule has 7 nitrogen and oxygen atoms in total. The molecule has 0 unspecified atom stereocenters. The molecule has 2 aromatic heterocycles. The van der Waals surface area contributed by atoms with Crippen molar-refractivity contribution in [3.8, 4) is 0 Å². The van der Waals surface area contributed by atoms with Crippen molar-refractivity contribution in [1.29, 1.82) is 0 Å². The molecule has 1 amide bonds. The number of fused-ring (bicyclic) bond motifs is 3. The van der Waals surface area contributed by atoms with E-state index in [4.69, 9.17) is 4.98 Å². The van der Waals surface area contributed by atoms with Gasteiger partial charge in [0.05, 0.1) is 16.7 Å². The summed E-state index contributed by atoms with van der Waals surface area (Å²) in [4.78, 5) is 36.7. The molecule has 0 bridgehead atoms. The molecule has 0 spiro atoms. The summed E-state index contributed by atoms with van der Waals surface area (Å²) in [6.07, 6.45) is 4.70. The van der Waals surface area contributed by atoms with Crippen LogP contribution in [0.4, 0.5) is 5.95 Å². The summed E-state index contributed by atoms with van der Waals surface area (Å²) in [7, 11) is 3.47. The van der Waals surface area contributed by atoms with Crippen molar-refractivity contribution in [2.75, 3.05) is 32.1 Å². The Morgan fingerprint density at radius 2 is 1.85 bits per heavy atom. The molecule has 1 fully saturated rings. The topological polar surface area (TPSA) is 73.7 Å². The number of imidazole rings is 1. The van der Waals surface area contributed by atoms with Gasteiger partial charge in [-0.25, -0.2) is 4.98 Å². The highest BCUT2D eigenvalue weighted by Crippen LogP contribution is 2.25. The molecule has 0 atom stereocenters. The Bertz CT molecular complexity index is 1070. The highest BCUT2D eigenvalue weighted by atomic mass is 16.2. The SMILES string of the molecule is Cc1nc(N2CCCCCC2)n2c1c(=O)[nH]c1ccc(C(=O)N(C)C)cc12. The largest absolute Gasteiger partial charge is 0.345 e. The van der Waals surface area contributed by atoms with Crippen LogP contribution in [0.15, 0.2) is 23.0 Å². The number of H-pyrrole nitrogens is 1. The number of aromatic amines is 1. The van der Waals surface area contributed by atoms with Crippen molar-refractivity contribution in [2.24, 2.45) is 0 Å². The summed E-state index contributed by atoms with van der Waals surface area (Å²) in [6, 6.07) is 5.40. The molecular formula is C20H25N5O2. The van der Waals surface area contributed by atoms with E-state index >= 15 is 0 Å². The van der Waals surface area contributed by atoms with Gasteiger partial charge in [-0.05, 0) is 38.0 Å². The maximum absolute atomic E-state index is 12.7. The van der Waals surface area contributed by atoms with Crippen LogP contribution in [0.25, 0.3) is 16.6 Å². The van der Waals surface area contributed by atoms with Gasteiger partial charge in [-0.15, -0.1) is 0 Å². The van der Waals surface area contributed by atoms with Gasteiger partial charge >= 0.3 is 0 Å². The van der Waals surface area contributed by atoms with Crippen LogP contribution in [0.2, 0.25) is 0 Å². The second kappa shape index (κ2) is 6.72. The van der Waals surface area contributed by atoms with Crippen LogP contribution in [0.1, 0.15) is 41.7 Å². The molecule has 1 saturated heterocycles. The van der Waals surface area contributed by atoms with Gasteiger partial charge in [-0.1, -0.05) is 12.8 Å². The van der Waals surface area contributed by atoms with Crippen LogP contribution in [0.5, 0.6) is 0 Å². The molecule has 27 heavy (non-hydrogen) atoms. The number of anilines is 1. The first-order valence-electron chi connectivity index (χ1n) is 9.49. The summed E-state index contributed by atoms with van der Waals surface area (Å²) in [5.41, 5.74) is 3.21. The highest BCUT2D eigenvalue weighted by molar-refractivity contribution is 5.97. The molecule has 3 heterocycles. The minimum absolute atomic E-state index is 0.0654. The standard InChI is InChI=1S/C20H25N5O2/c1-13-17-18(26)22-15-9-8-14(19(27)23(2)3)12-16(15)25(17)20(21-13)24-10-6-4-5-7-11-24/h8-9,12H,4-7,10-11H2,1-3H3,(H,22,26). The first-order chi connectivity index (χ1) is 13.0. The first kappa shape index (κ1) is 17.6. The van der Waals surface area contributed by atoms with E-state index in [2.05, 4.69) is 9.88 Å². The molecule has 1 aromatic carbocycles. The number of aromatic nitrogens is 3. The fourth-order valence-corrected chi connectivity index (χ4v) is 3.89. The van der Waals surface area contributed by atoms with Crippen molar-refractivity contribution in [1.82, 2.24) is 19.3 Å². The van der Waals surface area contributed by atoms with Crippen LogP contribution in [0, 0.1) is 6.92 Å². The molecule has 3 aromatic rings. The van der Waals surface area contributed by atoms with Gasteiger partial charge < -0.3 is 14.8 Å². The third-order valence-corrected chi connectivity index (χ3v) is 5.28. The van der Waals surface area contributed by atoms with Crippen molar-refractivity contribution >= 4 is 28.4 Å². The maximum Gasteiger partial charge on any atom is 0.274 e. The number of amides is 1. The molecule has 0 aliphatic carbocycles. The molecule has 1 N–H and O–H groups in total. The molecule has 1 aliphatic heterocycles. The van der Waals surface area contributed by atoms with E-state index < -0.39 is 0 Å². The van der Waals surface area contributed by atoms with Gasteiger partial charge in [0, 0.05) is 32.7 Å². The molecular weight excluding hydrogens is 342 g/mol. The van der Waals surface area contributed by atoms with Crippen LogP contribution in [-0.2, 0) is 0 Å². The number of hydrogen-bond donors (Lipinski definition) is 1. The smallest absolute Gasteiger partial charge is 0.274 e. The van der Waals surface area contributed by atoms with Gasteiger partial charge in [0.2, 0.25) is 5.95 Å². The highest BCUT2D eigenvalue weighted by Gasteiger charge is 2.21. The Hall–Kier alpha value is -2.83. The van der Waals surface area contributed by atoms with E-state index in [0.717, 1.165) is 37.4 Å². The fourth-order valence-electron chi connectivity index (χ4n) is 3.89. The summed E-state index contributed by atoms with van der Waals surface area (Å²) < 4.78 is 1.93. The van der Waals surface area contributed by atoms with Gasteiger partial charge in [0.25, 0.3) is 11.5 Å². The van der Waals surface area contributed by atoms with Crippen LogP contribution in [0.3, 0.4) is 0 Å². The molecule has 0 saturated carbocycles. The minimum atomic E-state index is -0.153. The Morgan fingerprint density at radius 1 is 1.15 bits per heavy atom. The fraction of sp³-hybridized carbons (Fsp3) is 0.450. The lowest BCUT2D eigenvalue weighted by atomic mass is 10.1. The van der Waals surface area contributed by atoms with Gasteiger partial charge in [0.1, 0.15) is 5.52 Å². The number of aryl methyl sites for hydroxylation is 1. The second-order valence-corrected chi connectivity index (χ2v) is 7.47. The number of nitrogens with zero attached hydrogens (tertiary/aromatic N) is 4. The lowest BCUT2D eigenvalue weighted by Gasteiger charge is -2.21. The predicted octanol–water partition coefficient (Wildman–Crippen LogP) is 2.57. The zero-order chi connectivity index (χ0) is 19.1. The van der Waals surface area contributed by atoms with Crippen molar-refractivity contribution in [2.45, 2.75) is 32.6 Å². The zero-order valence-corrected chi connectivity index (χ0v) is 16.1. The average molecular weight is 367 g/mol. The lowest BCUT2D eigenvalue weighted by molar-refractivity contribution is 0.0827. The van der Waals surface area contributed by atoms with Crippen LogP contribution < -0.4 is 10.5 Å². The Kier molecular flexibility index (Phi) is 4.37. The number of hydrogen-bond acceptors (Lipinski definition) is 4. The van der Waals surface area contributed by atoms with E-state index in [1.165, 1.54) is 12.8 Å². The summed E-state index contributed by atoms with van der Waals surface area (Å²) in [5.74, 6) is 0.736. The number of nitrogens with one attached hydrogen (secondary N) is 1. The third-order valence-electron chi connectivity index (χ3n) is 5.28. The van der Waals surface area contributed by atoms with Crippen LogP contribution >= 0.6 is 0 Å². The third kappa shape index (κ3) is 2.97. The molecule has 1 aliphatic rings. The quantitative estimate of drug-likeness (QED) is 0.755. The monoisotopic (exact) mass is 367 g/mol. The Balaban J connectivity index is 2.01. The van der Waals surface area contributed by atoms with Gasteiger partial charge in [-0.3, -0.25) is 14.0 Å². The van der Waals surface area contributed by atoms with Gasteiger partial charge in [0.15, 0.2) is 0 Å². The summed E-state index contributed by atoms with van der Waals surface area (Å²) in [6.45, 7) is 3.74. The van der Waals surface area contributed by atoms with E-state index in [1.54, 1.807) is 31.1 Å². The summed E-state index contributed by atoms with van der Waals surface area (Å²) >= 11 is 0. The van der Waals surface area contributed by atoms with E-state index in [1.807, 2.05) is 17.4 Å². The minimum Gasteiger partial charge on any atom is -0.345 e. The number of rotatable bonds is 2. The van der Waals surface area contributed by atoms with Gasteiger partial charge in [-0.2, -0.15) is 0 Å². The molecule has 0 radical (unpaired) electrons. The second-order valence-electron chi connectivity index (χ2n) is 7.47. The van der Waals surface area contributed by atoms with Crippen molar-refractivity contribution in [3.05, 3.63) is 39.8 Å². The van der Waals surface area contributed by atoms with E-state index in [9.17, 15) is 9.59 Å². The summed E-state index contributed by atoms with van der Waals surface area (Å²) in [5, 5.41) is 0. The first-order valence-corrected chi connectivity index (χ1v) is 9.49. The van der Waals surface area contributed by atoms with Crippen LogP contribution in [-0.4, -0.2) is 52.4 Å². The maximum atomic E-state index is 12.7. The van der Waals surface area contributed by atoms with Crippen molar-refractivity contribution in [3.63, 3.8) is 0 Å². The van der Waals surface area contributed by atoms with E-state index in [-0.39, 0.29) is 11.5 Å². The molecule has 142 valence electrons. The van der Waals surface area contributed by atoms with Crippen molar-refractivity contribution < 1.29 is 4.79 Å². The molecule has 4 rings (SSSR count). The predicted molar refractivity (Wildman–Crippen MR) is 107 cm³/mol. The van der Waals surface area contributed by atoms with E-state index in [0.29, 0.717) is 22.3 Å². The number of carbonyl (C=O) groups excluding carboxylic acids is 1. The number of benzene rings is 1. The Labute approximate surface area is 157 Å². The Morgan fingerprint density at radius 3 is 2.52 bits per heavy atom. The average Bonchev–Trinajstić information content (AvgIpc) is 2.83.